The first kappa shape index (κ1) is 12.0. The topological polar surface area (TPSA) is 52.0 Å². The van der Waals surface area contributed by atoms with E-state index in [2.05, 4.69) is 4.98 Å². The minimum absolute atomic E-state index is 0.155. The van der Waals surface area contributed by atoms with Gasteiger partial charge in [0.15, 0.2) is 5.78 Å². The van der Waals surface area contributed by atoms with Crippen LogP contribution in [0.4, 0.5) is 0 Å². The Bertz CT molecular complexity index is 485. The van der Waals surface area contributed by atoms with Crippen molar-refractivity contribution in [3.63, 3.8) is 0 Å². The Morgan fingerprint density at radius 3 is 2.65 bits per heavy atom. The molecule has 1 aliphatic carbocycles. The number of rotatable bonds is 3. The van der Waals surface area contributed by atoms with Crippen LogP contribution < -0.4 is 5.69 Å². The summed E-state index contributed by atoms with van der Waals surface area (Å²) >= 11 is 0. The van der Waals surface area contributed by atoms with Gasteiger partial charge in [0.1, 0.15) is 0 Å². The van der Waals surface area contributed by atoms with Gasteiger partial charge in [-0.3, -0.25) is 9.36 Å². The molecule has 0 aliphatic heterocycles. The Morgan fingerprint density at radius 2 is 2.06 bits per heavy atom. The van der Waals surface area contributed by atoms with Gasteiger partial charge in [0, 0.05) is 17.3 Å². The fourth-order valence-corrected chi connectivity index (χ4v) is 2.50. The number of nitrogens with zero attached hydrogens (tertiary/aromatic N) is 2. The van der Waals surface area contributed by atoms with Gasteiger partial charge in [0.05, 0.1) is 6.54 Å². The Morgan fingerprint density at radius 1 is 1.41 bits per heavy atom. The van der Waals surface area contributed by atoms with Gasteiger partial charge in [0.25, 0.3) is 0 Å². The van der Waals surface area contributed by atoms with E-state index in [1.54, 1.807) is 6.92 Å². The van der Waals surface area contributed by atoms with Crippen molar-refractivity contribution in [1.29, 1.82) is 0 Å². The zero-order chi connectivity index (χ0) is 12.4. The van der Waals surface area contributed by atoms with E-state index in [-0.39, 0.29) is 23.9 Å². The van der Waals surface area contributed by atoms with E-state index in [0.717, 1.165) is 31.4 Å². The summed E-state index contributed by atoms with van der Waals surface area (Å²) in [6.45, 7) is 3.82. The van der Waals surface area contributed by atoms with E-state index >= 15 is 0 Å². The molecule has 1 aliphatic rings. The Labute approximate surface area is 101 Å². The van der Waals surface area contributed by atoms with Gasteiger partial charge < -0.3 is 0 Å². The number of ketones is 1. The molecule has 0 saturated heterocycles. The predicted molar refractivity (Wildman–Crippen MR) is 64.9 cm³/mol. The molecular weight excluding hydrogens is 216 g/mol. The van der Waals surface area contributed by atoms with Crippen molar-refractivity contribution in [3.8, 4) is 0 Å². The number of carbonyl (C=O) groups excluding carboxylic acids is 1. The molecule has 0 amide bonds. The number of hydrogen-bond donors (Lipinski definition) is 0. The minimum Gasteiger partial charge on any atom is -0.297 e. The van der Waals surface area contributed by atoms with Crippen molar-refractivity contribution < 1.29 is 4.79 Å². The average molecular weight is 234 g/mol. The third kappa shape index (κ3) is 2.62. The summed E-state index contributed by atoms with van der Waals surface area (Å²) in [5, 5.41) is 0. The molecule has 4 nitrogen and oxygen atoms in total. The second-order valence-electron chi connectivity index (χ2n) is 4.86. The number of aromatic nitrogens is 2. The van der Waals surface area contributed by atoms with Crippen LogP contribution in [0.5, 0.6) is 0 Å². The lowest BCUT2D eigenvalue weighted by atomic mass is 10.0. The van der Waals surface area contributed by atoms with Crippen LogP contribution in [0.2, 0.25) is 0 Å². The summed E-state index contributed by atoms with van der Waals surface area (Å²) in [5.41, 5.74) is 1.21. The summed E-state index contributed by atoms with van der Waals surface area (Å²) in [6, 6.07) is 1.84. The third-order valence-corrected chi connectivity index (χ3v) is 3.47. The van der Waals surface area contributed by atoms with Crippen molar-refractivity contribution in [2.24, 2.45) is 5.92 Å². The van der Waals surface area contributed by atoms with Gasteiger partial charge >= 0.3 is 5.69 Å². The first-order valence-electron chi connectivity index (χ1n) is 6.15. The van der Waals surface area contributed by atoms with Gasteiger partial charge in [0.2, 0.25) is 0 Å². The van der Waals surface area contributed by atoms with Crippen LogP contribution in [0, 0.1) is 19.8 Å². The molecule has 0 radical (unpaired) electrons. The highest BCUT2D eigenvalue weighted by Gasteiger charge is 2.23. The second kappa shape index (κ2) is 4.82. The smallest absolute Gasteiger partial charge is 0.297 e. The fraction of sp³-hybridized carbons (Fsp3) is 0.615. The highest BCUT2D eigenvalue weighted by atomic mass is 16.2. The maximum Gasteiger partial charge on any atom is 0.348 e. The predicted octanol–water partition coefficient (Wildman–Crippen LogP) is 1.62. The van der Waals surface area contributed by atoms with Crippen LogP contribution in [-0.2, 0) is 11.3 Å². The molecule has 4 heteroatoms. The maximum atomic E-state index is 12.0. The van der Waals surface area contributed by atoms with E-state index in [1.807, 2.05) is 13.0 Å². The van der Waals surface area contributed by atoms with Crippen molar-refractivity contribution in [3.05, 3.63) is 27.9 Å². The molecule has 0 bridgehead atoms. The lowest BCUT2D eigenvalue weighted by Crippen LogP contribution is -2.30. The Hall–Kier alpha value is -1.45. The number of hydrogen-bond acceptors (Lipinski definition) is 3. The molecule has 92 valence electrons. The van der Waals surface area contributed by atoms with E-state index < -0.39 is 0 Å². The van der Waals surface area contributed by atoms with Crippen LogP contribution in [0.1, 0.15) is 37.1 Å². The van der Waals surface area contributed by atoms with Gasteiger partial charge in [-0.1, -0.05) is 12.8 Å². The lowest BCUT2D eigenvalue weighted by molar-refractivity contribution is -0.123. The molecule has 0 aromatic carbocycles. The molecule has 1 saturated carbocycles. The van der Waals surface area contributed by atoms with Crippen molar-refractivity contribution in [2.75, 3.05) is 0 Å². The monoisotopic (exact) mass is 234 g/mol. The normalized spacial score (nSPS) is 16.4. The first-order chi connectivity index (χ1) is 8.08. The highest BCUT2D eigenvalue weighted by molar-refractivity contribution is 5.81. The van der Waals surface area contributed by atoms with E-state index in [1.165, 1.54) is 4.57 Å². The zero-order valence-corrected chi connectivity index (χ0v) is 10.4. The molecule has 2 rings (SSSR count). The molecular formula is C13H18N2O2. The molecule has 1 fully saturated rings. The van der Waals surface area contributed by atoms with Gasteiger partial charge in [-0.25, -0.2) is 4.79 Å². The quantitative estimate of drug-likeness (QED) is 0.798. The maximum absolute atomic E-state index is 12.0. The first-order valence-corrected chi connectivity index (χ1v) is 6.15. The minimum atomic E-state index is -0.311. The Balaban J connectivity index is 2.18. The van der Waals surface area contributed by atoms with E-state index in [9.17, 15) is 9.59 Å². The molecule has 0 atom stereocenters. The summed E-state index contributed by atoms with van der Waals surface area (Å²) in [7, 11) is 0. The van der Waals surface area contributed by atoms with Crippen LogP contribution >= 0.6 is 0 Å². The SMILES string of the molecule is Cc1cc(C)n(CC(=O)C2CCCC2)c(=O)n1. The lowest BCUT2D eigenvalue weighted by Gasteiger charge is -2.12. The van der Waals surface area contributed by atoms with E-state index in [4.69, 9.17) is 0 Å². The molecule has 1 aromatic rings. The summed E-state index contributed by atoms with van der Waals surface area (Å²) in [4.78, 5) is 27.6. The van der Waals surface area contributed by atoms with E-state index in [0.29, 0.717) is 5.69 Å². The average Bonchev–Trinajstić information content (AvgIpc) is 2.76. The number of aryl methyl sites for hydroxylation is 2. The van der Waals surface area contributed by atoms with Gasteiger partial charge in [-0.2, -0.15) is 4.98 Å². The standard InChI is InChI=1S/C13H18N2O2/c1-9-7-10(2)15(13(17)14-9)8-12(16)11-5-3-4-6-11/h7,11H,3-6,8H2,1-2H3. The highest BCUT2D eigenvalue weighted by Crippen LogP contribution is 2.25. The van der Waals surface area contributed by atoms with Crippen molar-refractivity contribution in [1.82, 2.24) is 9.55 Å². The summed E-state index contributed by atoms with van der Waals surface area (Å²) in [6.07, 6.45) is 4.23. The fourth-order valence-electron chi connectivity index (χ4n) is 2.50. The molecule has 1 aromatic heterocycles. The molecule has 0 spiro atoms. The van der Waals surface area contributed by atoms with Gasteiger partial charge in [-0.15, -0.1) is 0 Å². The largest absolute Gasteiger partial charge is 0.348 e. The second-order valence-corrected chi connectivity index (χ2v) is 4.86. The summed E-state index contributed by atoms with van der Waals surface area (Å²) in [5.74, 6) is 0.334. The number of Topliss-reactive ketones (excluding diaryl/α,β-unsaturated/α-hetero) is 1. The van der Waals surface area contributed by atoms with Crippen molar-refractivity contribution >= 4 is 5.78 Å². The molecule has 17 heavy (non-hydrogen) atoms. The zero-order valence-electron chi connectivity index (χ0n) is 10.4. The third-order valence-electron chi connectivity index (χ3n) is 3.47. The Kier molecular flexibility index (Phi) is 3.41. The molecule has 1 heterocycles. The molecule has 0 N–H and O–H groups in total. The number of carbonyl (C=O) groups is 1. The van der Waals surface area contributed by atoms with Crippen molar-refractivity contribution in [2.45, 2.75) is 46.1 Å². The van der Waals surface area contributed by atoms with Crippen LogP contribution in [0.3, 0.4) is 0 Å². The van der Waals surface area contributed by atoms with Crippen LogP contribution in [0.25, 0.3) is 0 Å². The van der Waals surface area contributed by atoms with Crippen LogP contribution in [0.15, 0.2) is 10.9 Å². The molecule has 0 unspecified atom stereocenters. The van der Waals surface area contributed by atoms with Crippen LogP contribution in [-0.4, -0.2) is 15.3 Å². The summed E-state index contributed by atoms with van der Waals surface area (Å²) < 4.78 is 1.48. The van der Waals surface area contributed by atoms with Gasteiger partial charge in [-0.05, 0) is 32.8 Å².